The van der Waals surface area contributed by atoms with Gasteiger partial charge in [0.15, 0.2) is 0 Å². The van der Waals surface area contributed by atoms with Crippen LogP contribution in [0.15, 0.2) is 30.3 Å². The van der Waals surface area contributed by atoms with Gasteiger partial charge in [0, 0.05) is 13.1 Å². The van der Waals surface area contributed by atoms with Crippen molar-refractivity contribution in [2.75, 3.05) is 19.6 Å². The first-order chi connectivity index (χ1) is 8.60. The fourth-order valence-electron chi connectivity index (χ4n) is 2.64. The summed E-state index contributed by atoms with van der Waals surface area (Å²) in [5.41, 5.74) is 0.759. The average Bonchev–Trinajstić information content (AvgIpc) is 2.38. The number of carbonyl (C=O) groups is 1. The van der Waals surface area contributed by atoms with E-state index in [9.17, 15) is 9.90 Å². The zero-order valence-electron chi connectivity index (χ0n) is 10.9. The number of benzene rings is 1. The van der Waals surface area contributed by atoms with Crippen molar-refractivity contribution >= 4 is 5.97 Å². The third-order valence-corrected chi connectivity index (χ3v) is 3.85. The Morgan fingerprint density at radius 2 is 2.11 bits per heavy atom. The maximum absolute atomic E-state index is 11.3. The fourth-order valence-corrected chi connectivity index (χ4v) is 2.64. The predicted octanol–water partition coefficient (Wildman–Crippen LogP) is 2.42. The van der Waals surface area contributed by atoms with Crippen LogP contribution >= 0.6 is 0 Å². The highest BCUT2D eigenvalue weighted by molar-refractivity contribution is 5.74. The second kappa shape index (κ2) is 5.53. The van der Waals surface area contributed by atoms with E-state index in [0.717, 1.165) is 32.4 Å². The molecule has 1 aliphatic heterocycles. The monoisotopic (exact) mass is 247 g/mol. The molecule has 1 saturated heterocycles. The lowest BCUT2D eigenvalue weighted by Crippen LogP contribution is -2.46. The molecule has 1 aliphatic rings. The SMILES string of the molecule is C[C@]1(C(=O)O)CCCN(CCc2ccccc2)C1. The molecule has 18 heavy (non-hydrogen) atoms. The normalized spacial score (nSPS) is 24.9. The number of piperidine rings is 1. The van der Waals surface area contributed by atoms with Crippen molar-refractivity contribution in [2.45, 2.75) is 26.2 Å². The minimum Gasteiger partial charge on any atom is -0.481 e. The number of carboxylic acid groups (broad SMARTS) is 1. The lowest BCUT2D eigenvalue weighted by molar-refractivity contribution is -0.151. The molecule has 0 aromatic heterocycles. The highest BCUT2D eigenvalue weighted by Crippen LogP contribution is 2.29. The van der Waals surface area contributed by atoms with Crippen LogP contribution in [0.2, 0.25) is 0 Å². The van der Waals surface area contributed by atoms with Crippen LogP contribution in [0.3, 0.4) is 0 Å². The van der Waals surface area contributed by atoms with Crippen LogP contribution in [0.25, 0.3) is 0 Å². The molecule has 3 heteroatoms. The van der Waals surface area contributed by atoms with Crippen LogP contribution in [-0.2, 0) is 11.2 Å². The molecule has 1 atom stereocenters. The molecular weight excluding hydrogens is 226 g/mol. The van der Waals surface area contributed by atoms with Gasteiger partial charge in [0.05, 0.1) is 5.41 Å². The van der Waals surface area contributed by atoms with Gasteiger partial charge >= 0.3 is 5.97 Å². The number of hydrogen-bond acceptors (Lipinski definition) is 2. The average molecular weight is 247 g/mol. The van der Waals surface area contributed by atoms with Crippen molar-refractivity contribution in [3.63, 3.8) is 0 Å². The largest absolute Gasteiger partial charge is 0.481 e. The highest BCUT2D eigenvalue weighted by atomic mass is 16.4. The van der Waals surface area contributed by atoms with E-state index in [4.69, 9.17) is 0 Å². The molecule has 0 radical (unpaired) electrons. The Kier molecular flexibility index (Phi) is 4.02. The van der Waals surface area contributed by atoms with Crippen LogP contribution in [0, 0.1) is 5.41 Å². The number of rotatable bonds is 4. The van der Waals surface area contributed by atoms with Gasteiger partial charge in [-0.15, -0.1) is 0 Å². The summed E-state index contributed by atoms with van der Waals surface area (Å²) in [6.45, 7) is 4.52. The van der Waals surface area contributed by atoms with E-state index in [1.807, 2.05) is 25.1 Å². The first kappa shape index (κ1) is 13.1. The summed E-state index contributed by atoms with van der Waals surface area (Å²) < 4.78 is 0. The highest BCUT2D eigenvalue weighted by Gasteiger charge is 2.37. The van der Waals surface area contributed by atoms with Crippen LogP contribution < -0.4 is 0 Å². The lowest BCUT2D eigenvalue weighted by atomic mass is 9.82. The van der Waals surface area contributed by atoms with Crippen molar-refractivity contribution in [1.82, 2.24) is 4.90 Å². The first-order valence-electron chi connectivity index (χ1n) is 6.60. The molecule has 0 bridgehead atoms. The Bertz CT molecular complexity index is 404. The molecule has 98 valence electrons. The zero-order valence-corrected chi connectivity index (χ0v) is 10.9. The van der Waals surface area contributed by atoms with Crippen molar-refractivity contribution in [1.29, 1.82) is 0 Å². The molecule has 0 amide bonds. The molecule has 0 saturated carbocycles. The standard InChI is InChI=1S/C15H21NO2/c1-15(14(17)18)9-5-10-16(12-15)11-8-13-6-3-2-4-7-13/h2-4,6-7H,5,8-12H2,1H3,(H,17,18)/t15-/m0/s1. The zero-order chi connectivity index (χ0) is 13.0. The Morgan fingerprint density at radius 1 is 1.39 bits per heavy atom. The van der Waals surface area contributed by atoms with E-state index in [1.165, 1.54) is 5.56 Å². The second-order valence-electron chi connectivity index (χ2n) is 5.48. The van der Waals surface area contributed by atoms with Crippen molar-refractivity contribution in [3.05, 3.63) is 35.9 Å². The molecule has 1 aromatic rings. The van der Waals surface area contributed by atoms with Gasteiger partial charge in [0.1, 0.15) is 0 Å². The smallest absolute Gasteiger partial charge is 0.310 e. The first-order valence-corrected chi connectivity index (χ1v) is 6.60. The number of hydrogen-bond donors (Lipinski definition) is 1. The minimum atomic E-state index is -0.660. The number of aliphatic carboxylic acids is 1. The van der Waals surface area contributed by atoms with Crippen LogP contribution in [0.1, 0.15) is 25.3 Å². The summed E-state index contributed by atoms with van der Waals surface area (Å²) >= 11 is 0. The Morgan fingerprint density at radius 3 is 2.78 bits per heavy atom. The van der Waals surface area contributed by atoms with E-state index in [1.54, 1.807) is 0 Å². The third kappa shape index (κ3) is 3.10. The van der Waals surface area contributed by atoms with E-state index in [2.05, 4.69) is 17.0 Å². The van der Waals surface area contributed by atoms with Gasteiger partial charge in [-0.1, -0.05) is 30.3 Å². The van der Waals surface area contributed by atoms with Crippen molar-refractivity contribution < 1.29 is 9.90 Å². The van der Waals surface area contributed by atoms with Gasteiger partial charge < -0.3 is 10.0 Å². The summed E-state index contributed by atoms with van der Waals surface area (Å²) in [4.78, 5) is 13.6. The molecule has 0 spiro atoms. The Hall–Kier alpha value is -1.35. The Labute approximate surface area is 108 Å². The molecule has 1 fully saturated rings. The van der Waals surface area contributed by atoms with E-state index < -0.39 is 11.4 Å². The minimum absolute atomic E-state index is 0.561. The Balaban J connectivity index is 1.89. The van der Waals surface area contributed by atoms with Crippen molar-refractivity contribution in [2.24, 2.45) is 5.41 Å². The van der Waals surface area contributed by atoms with Gasteiger partial charge in [0.2, 0.25) is 0 Å². The predicted molar refractivity (Wildman–Crippen MR) is 71.6 cm³/mol. The third-order valence-electron chi connectivity index (χ3n) is 3.85. The summed E-state index contributed by atoms with van der Waals surface area (Å²) in [7, 11) is 0. The van der Waals surface area contributed by atoms with Gasteiger partial charge in [0.25, 0.3) is 0 Å². The molecule has 1 aromatic carbocycles. The molecule has 1 heterocycles. The van der Waals surface area contributed by atoms with Gasteiger partial charge in [-0.05, 0) is 38.3 Å². The lowest BCUT2D eigenvalue weighted by Gasteiger charge is -2.37. The van der Waals surface area contributed by atoms with Crippen LogP contribution in [0.4, 0.5) is 0 Å². The second-order valence-corrected chi connectivity index (χ2v) is 5.48. The van der Waals surface area contributed by atoms with Crippen LogP contribution in [0.5, 0.6) is 0 Å². The number of carboxylic acids is 1. The van der Waals surface area contributed by atoms with Crippen molar-refractivity contribution in [3.8, 4) is 0 Å². The van der Waals surface area contributed by atoms with E-state index in [0.29, 0.717) is 6.54 Å². The molecule has 3 nitrogen and oxygen atoms in total. The van der Waals surface area contributed by atoms with E-state index in [-0.39, 0.29) is 0 Å². The molecule has 1 N–H and O–H groups in total. The summed E-state index contributed by atoms with van der Waals surface area (Å²) in [5.74, 6) is -0.660. The summed E-state index contributed by atoms with van der Waals surface area (Å²) in [6.07, 6.45) is 2.78. The van der Waals surface area contributed by atoms with E-state index >= 15 is 0 Å². The summed E-state index contributed by atoms with van der Waals surface area (Å²) in [6, 6.07) is 10.4. The molecule has 0 aliphatic carbocycles. The molecule has 2 rings (SSSR count). The van der Waals surface area contributed by atoms with Gasteiger partial charge in [-0.25, -0.2) is 0 Å². The summed E-state index contributed by atoms with van der Waals surface area (Å²) in [5, 5.41) is 9.27. The number of nitrogens with zero attached hydrogens (tertiary/aromatic N) is 1. The number of likely N-dealkylation sites (tertiary alicyclic amines) is 1. The quantitative estimate of drug-likeness (QED) is 0.888. The fraction of sp³-hybridized carbons (Fsp3) is 0.533. The van der Waals surface area contributed by atoms with Gasteiger partial charge in [-0.2, -0.15) is 0 Å². The molecule has 0 unspecified atom stereocenters. The molecular formula is C15H21NO2. The van der Waals surface area contributed by atoms with Gasteiger partial charge in [-0.3, -0.25) is 4.79 Å². The maximum atomic E-state index is 11.3. The topological polar surface area (TPSA) is 40.5 Å². The maximum Gasteiger partial charge on any atom is 0.310 e. The van der Waals surface area contributed by atoms with Crippen LogP contribution in [-0.4, -0.2) is 35.6 Å².